The van der Waals surface area contributed by atoms with Gasteiger partial charge in [0.15, 0.2) is 5.78 Å². The van der Waals surface area contributed by atoms with Crippen molar-refractivity contribution in [3.05, 3.63) is 39.9 Å². The number of hydrogen-bond donors (Lipinski definition) is 0. The zero-order chi connectivity index (χ0) is 19.5. The minimum Gasteiger partial charge on any atom is -0.294 e. The summed E-state index contributed by atoms with van der Waals surface area (Å²) in [6, 6.07) is 8.38. The lowest BCUT2D eigenvalue weighted by molar-refractivity contribution is -0.137. The summed E-state index contributed by atoms with van der Waals surface area (Å²) in [7, 11) is 0. The van der Waals surface area contributed by atoms with E-state index in [4.69, 9.17) is 0 Å². The molecule has 150 valence electrons. The van der Waals surface area contributed by atoms with E-state index >= 15 is 0 Å². The van der Waals surface area contributed by atoms with Crippen LogP contribution in [-0.2, 0) is 4.79 Å². The number of hydrogen-bond acceptors (Lipinski definition) is 1. The van der Waals surface area contributed by atoms with Crippen LogP contribution < -0.4 is 0 Å². The van der Waals surface area contributed by atoms with Gasteiger partial charge in [0.1, 0.15) is 0 Å². The van der Waals surface area contributed by atoms with Gasteiger partial charge in [-0.2, -0.15) is 0 Å². The Morgan fingerprint density at radius 1 is 0.964 bits per heavy atom. The standard InChI is InChI=1S/C26H33BrO/c1-25-13-4-3-5-19(25)8-11-21-22(25)12-14-26(2)23(21)16-18(24(26)28)15-17-6-9-20(27)10-7-17/h6-7,9-10,15,19,21-23H,3-5,8,11-14,16H2,1-2H3/b18-15-. The quantitative estimate of drug-likeness (QED) is 0.414. The third-order valence-electron chi connectivity index (χ3n) is 9.43. The molecule has 4 saturated carbocycles. The molecule has 0 aromatic heterocycles. The highest BCUT2D eigenvalue weighted by molar-refractivity contribution is 9.10. The maximum atomic E-state index is 13.5. The monoisotopic (exact) mass is 440 g/mol. The first-order chi connectivity index (χ1) is 13.4. The van der Waals surface area contributed by atoms with Crippen LogP contribution in [0.1, 0.15) is 77.2 Å². The molecule has 5 rings (SSSR count). The minimum absolute atomic E-state index is 0.111. The first kappa shape index (κ1) is 19.1. The average molecular weight is 441 g/mol. The Hall–Kier alpha value is -0.890. The van der Waals surface area contributed by atoms with Crippen molar-refractivity contribution in [2.24, 2.45) is 34.5 Å². The highest BCUT2D eigenvalue weighted by atomic mass is 79.9. The molecule has 0 N–H and O–H groups in total. The lowest BCUT2D eigenvalue weighted by Crippen LogP contribution is -2.52. The molecular formula is C26H33BrO. The lowest BCUT2D eigenvalue weighted by atomic mass is 9.45. The molecular weight excluding hydrogens is 408 g/mol. The van der Waals surface area contributed by atoms with Gasteiger partial charge in [-0.15, -0.1) is 0 Å². The molecule has 28 heavy (non-hydrogen) atoms. The van der Waals surface area contributed by atoms with E-state index in [1.807, 2.05) is 0 Å². The van der Waals surface area contributed by atoms with Gasteiger partial charge in [0.2, 0.25) is 0 Å². The maximum Gasteiger partial charge on any atom is 0.165 e. The molecule has 0 radical (unpaired) electrons. The molecule has 1 aromatic rings. The van der Waals surface area contributed by atoms with E-state index in [9.17, 15) is 4.79 Å². The van der Waals surface area contributed by atoms with Crippen molar-refractivity contribution < 1.29 is 4.79 Å². The smallest absolute Gasteiger partial charge is 0.165 e. The second-order valence-corrected chi connectivity index (χ2v) is 11.5. The molecule has 1 aromatic carbocycles. The molecule has 0 spiro atoms. The third kappa shape index (κ3) is 2.81. The van der Waals surface area contributed by atoms with Gasteiger partial charge in [-0.1, -0.05) is 54.8 Å². The van der Waals surface area contributed by atoms with Crippen molar-refractivity contribution in [3.63, 3.8) is 0 Å². The Bertz CT molecular complexity index is 808. The zero-order valence-electron chi connectivity index (χ0n) is 17.3. The predicted molar refractivity (Wildman–Crippen MR) is 119 cm³/mol. The van der Waals surface area contributed by atoms with Gasteiger partial charge < -0.3 is 0 Å². The fourth-order valence-corrected chi connectivity index (χ4v) is 8.12. The third-order valence-corrected chi connectivity index (χ3v) is 9.96. The summed E-state index contributed by atoms with van der Waals surface area (Å²) in [6.07, 6.45) is 14.1. The van der Waals surface area contributed by atoms with Gasteiger partial charge >= 0.3 is 0 Å². The molecule has 0 aliphatic heterocycles. The van der Waals surface area contributed by atoms with Crippen LogP contribution in [0, 0.1) is 34.5 Å². The molecule has 0 amide bonds. The summed E-state index contributed by atoms with van der Waals surface area (Å²) in [5.74, 6) is 3.58. The van der Waals surface area contributed by atoms with Crippen LogP contribution >= 0.6 is 15.9 Å². The van der Waals surface area contributed by atoms with E-state index in [-0.39, 0.29) is 5.41 Å². The molecule has 2 heteroatoms. The van der Waals surface area contributed by atoms with Crippen molar-refractivity contribution in [2.75, 3.05) is 0 Å². The van der Waals surface area contributed by atoms with E-state index < -0.39 is 0 Å². The summed E-state index contributed by atoms with van der Waals surface area (Å²) in [6.45, 7) is 4.92. The first-order valence-corrected chi connectivity index (χ1v) is 12.2. The van der Waals surface area contributed by atoms with E-state index in [1.54, 1.807) is 0 Å². The number of rotatable bonds is 1. The van der Waals surface area contributed by atoms with Crippen molar-refractivity contribution in [1.29, 1.82) is 0 Å². The summed E-state index contributed by atoms with van der Waals surface area (Å²) in [5, 5.41) is 0. The van der Waals surface area contributed by atoms with Crippen LogP contribution in [0.4, 0.5) is 0 Å². The van der Waals surface area contributed by atoms with Crippen LogP contribution in [0.3, 0.4) is 0 Å². The van der Waals surface area contributed by atoms with Crippen LogP contribution in [0.15, 0.2) is 34.3 Å². The van der Waals surface area contributed by atoms with Gasteiger partial charge in [0.25, 0.3) is 0 Å². The van der Waals surface area contributed by atoms with Gasteiger partial charge in [0, 0.05) is 9.89 Å². The van der Waals surface area contributed by atoms with Crippen molar-refractivity contribution in [2.45, 2.75) is 71.6 Å². The fourth-order valence-electron chi connectivity index (χ4n) is 7.85. The van der Waals surface area contributed by atoms with Gasteiger partial charge in [-0.25, -0.2) is 0 Å². The fraction of sp³-hybridized carbons (Fsp3) is 0.654. The van der Waals surface area contributed by atoms with Crippen LogP contribution in [-0.4, -0.2) is 5.78 Å². The number of fused-ring (bicyclic) bond motifs is 5. The van der Waals surface area contributed by atoms with E-state index in [2.05, 4.69) is 60.1 Å². The summed E-state index contributed by atoms with van der Waals surface area (Å²) < 4.78 is 1.09. The highest BCUT2D eigenvalue weighted by Gasteiger charge is 2.60. The van der Waals surface area contributed by atoms with Crippen molar-refractivity contribution >= 4 is 27.8 Å². The Balaban J connectivity index is 1.45. The number of halogens is 1. The number of ketones is 1. The Morgan fingerprint density at radius 2 is 1.75 bits per heavy atom. The molecule has 4 aliphatic carbocycles. The van der Waals surface area contributed by atoms with E-state index in [1.165, 1.54) is 44.9 Å². The molecule has 0 heterocycles. The molecule has 0 saturated heterocycles. The summed E-state index contributed by atoms with van der Waals surface area (Å²) in [4.78, 5) is 13.5. The number of carbonyl (C=O) groups is 1. The number of carbonyl (C=O) groups excluding carboxylic acids is 1. The molecule has 0 bridgehead atoms. The highest BCUT2D eigenvalue weighted by Crippen LogP contribution is 2.66. The van der Waals surface area contributed by atoms with Gasteiger partial charge in [-0.05, 0) is 103 Å². The lowest BCUT2D eigenvalue weighted by Gasteiger charge is -2.59. The van der Waals surface area contributed by atoms with Crippen LogP contribution in [0.5, 0.6) is 0 Å². The Morgan fingerprint density at radius 3 is 2.54 bits per heavy atom. The largest absolute Gasteiger partial charge is 0.294 e. The minimum atomic E-state index is -0.111. The predicted octanol–water partition coefficient (Wildman–Crippen LogP) is 7.44. The normalized spacial score (nSPS) is 44.1. The molecule has 6 atom stereocenters. The number of allylic oxidation sites excluding steroid dienone is 1. The second-order valence-electron chi connectivity index (χ2n) is 10.6. The molecule has 6 unspecified atom stereocenters. The SMILES string of the molecule is CC12CCC3C(CCC4CCCCC43C)C1C/C(=C/c1ccc(Br)cc1)C2=O. The summed E-state index contributed by atoms with van der Waals surface area (Å²) >= 11 is 3.51. The molecule has 4 aliphatic rings. The Labute approximate surface area is 178 Å². The van der Waals surface area contributed by atoms with Gasteiger partial charge in [0.05, 0.1) is 0 Å². The first-order valence-electron chi connectivity index (χ1n) is 11.4. The number of Topliss-reactive ketones (excluding diaryl/α,β-unsaturated/α-hetero) is 1. The summed E-state index contributed by atoms with van der Waals surface area (Å²) in [5.41, 5.74) is 2.68. The van der Waals surface area contributed by atoms with Crippen LogP contribution in [0.25, 0.3) is 6.08 Å². The van der Waals surface area contributed by atoms with Crippen LogP contribution in [0.2, 0.25) is 0 Å². The number of benzene rings is 1. The maximum absolute atomic E-state index is 13.5. The molecule has 1 nitrogen and oxygen atoms in total. The van der Waals surface area contributed by atoms with Crippen molar-refractivity contribution in [1.82, 2.24) is 0 Å². The van der Waals surface area contributed by atoms with E-state index in [0.717, 1.165) is 46.2 Å². The van der Waals surface area contributed by atoms with E-state index in [0.29, 0.717) is 17.1 Å². The topological polar surface area (TPSA) is 17.1 Å². The average Bonchev–Trinajstić information content (AvgIpc) is 2.94. The van der Waals surface area contributed by atoms with Crippen molar-refractivity contribution in [3.8, 4) is 0 Å². The zero-order valence-corrected chi connectivity index (χ0v) is 18.9. The Kier molecular flexibility index (Phi) is 4.66. The second kappa shape index (κ2) is 6.83. The molecule has 4 fully saturated rings. The van der Waals surface area contributed by atoms with Gasteiger partial charge in [-0.3, -0.25) is 4.79 Å².